The van der Waals surface area contributed by atoms with Crippen LogP contribution in [0.1, 0.15) is 68.8 Å². The van der Waals surface area contributed by atoms with Crippen LogP contribution in [0.5, 0.6) is 0 Å². The second-order valence-corrected chi connectivity index (χ2v) is 13.3. The summed E-state index contributed by atoms with van der Waals surface area (Å²) in [5.74, 6) is -0.457. The third kappa shape index (κ3) is 8.56. The number of benzene rings is 5. The number of esters is 1. The molecular formula is C48H47NO2. The largest absolute Gasteiger partial charge is 0.462 e. The number of hydrogen-bond acceptors (Lipinski definition) is 3. The zero-order valence-corrected chi connectivity index (χ0v) is 30.2. The van der Waals surface area contributed by atoms with Crippen LogP contribution in [0.2, 0.25) is 0 Å². The van der Waals surface area contributed by atoms with E-state index >= 15 is 0 Å². The van der Waals surface area contributed by atoms with Gasteiger partial charge in [0.2, 0.25) is 0 Å². The lowest BCUT2D eigenvalue weighted by atomic mass is 9.89. The van der Waals surface area contributed by atoms with Crippen molar-refractivity contribution in [3.05, 3.63) is 214 Å². The van der Waals surface area contributed by atoms with Crippen LogP contribution in [0.25, 0.3) is 11.1 Å². The van der Waals surface area contributed by atoms with Crippen molar-refractivity contribution in [2.24, 2.45) is 0 Å². The molecule has 0 bridgehead atoms. The van der Waals surface area contributed by atoms with Crippen molar-refractivity contribution >= 4 is 17.1 Å². The summed E-state index contributed by atoms with van der Waals surface area (Å²) in [6.45, 7) is 9.64. The van der Waals surface area contributed by atoms with Gasteiger partial charge in [0.25, 0.3) is 0 Å². The van der Waals surface area contributed by atoms with Gasteiger partial charge >= 0.3 is 5.97 Å². The first-order valence-corrected chi connectivity index (χ1v) is 17.9. The summed E-state index contributed by atoms with van der Waals surface area (Å²) in [5, 5.41) is 0. The Kier molecular flexibility index (Phi) is 11.6. The minimum absolute atomic E-state index is 0.176. The van der Waals surface area contributed by atoms with Crippen molar-refractivity contribution in [3.8, 4) is 0 Å². The molecule has 5 aromatic carbocycles. The van der Waals surface area contributed by atoms with Crippen LogP contribution in [0.3, 0.4) is 0 Å². The number of aryl methyl sites for hydroxylation is 4. The van der Waals surface area contributed by atoms with Crippen molar-refractivity contribution in [1.82, 2.24) is 4.90 Å². The van der Waals surface area contributed by atoms with Crippen LogP contribution >= 0.6 is 0 Å². The van der Waals surface area contributed by atoms with E-state index in [1.165, 1.54) is 55.7 Å². The lowest BCUT2D eigenvalue weighted by molar-refractivity contribution is -0.139. The summed E-state index contributed by atoms with van der Waals surface area (Å²) in [7, 11) is 0. The Morgan fingerprint density at radius 3 is 1.49 bits per heavy atom. The molecule has 0 saturated carbocycles. The van der Waals surface area contributed by atoms with Gasteiger partial charge in [0.1, 0.15) is 0 Å². The Hall–Kier alpha value is -5.67. The van der Waals surface area contributed by atoms with Crippen LogP contribution in [0.15, 0.2) is 164 Å². The van der Waals surface area contributed by atoms with Gasteiger partial charge in [0.15, 0.2) is 0 Å². The molecule has 1 unspecified atom stereocenters. The maximum Gasteiger partial charge on any atom is 0.336 e. The van der Waals surface area contributed by atoms with Gasteiger partial charge in [0, 0.05) is 31.3 Å². The van der Waals surface area contributed by atoms with Crippen LogP contribution < -0.4 is 0 Å². The molecule has 51 heavy (non-hydrogen) atoms. The molecule has 0 spiro atoms. The van der Waals surface area contributed by atoms with Crippen molar-refractivity contribution < 1.29 is 9.53 Å². The maximum absolute atomic E-state index is 13.9. The van der Waals surface area contributed by atoms with Crippen LogP contribution in [0.4, 0.5) is 0 Å². The molecule has 1 aliphatic rings. The first kappa shape index (κ1) is 35.2. The molecule has 0 saturated heterocycles. The second kappa shape index (κ2) is 16.8. The van der Waals surface area contributed by atoms with E-state index in [2.05, 4.69) is 166 Å². The van der Waals surface area contributed by atoms with Gasteiger partial charge in [-0.3, -0.25) is 0 Å². The molecular weight excluding hydrogens is 623 g/mol. The first-order chi connectivity index (χ1) is 24.9. The molecule has 1 heterocycles. The highest BCUT2D eigenvalue weighted by atomic mass is 16.5. The molecule has 0 amide bonds. The van der Waals surface area contributed by atoms with Crippen LogP contribution in [-0.2, 0) is 9.53 Å². The molecule has 5 aromatic rings. The normalized spacial score (nSPS) is 13.7. The van der Waals surface area contributed by atoms with Crippen molar-refractivity contribution in [1.29, 1.82) is 0 Å². The van der Waals surface area contributed by atoms with Gasteiger partial charge in [-0.1, -0.05) is 146 Å². The predicted octanol–water partition coefficient (Wildman–Crippen LogP) is 11.3. The predicted molar refractivity (Wildman–Crippen MR) is 212 cm³/mol. The minimum atomic E-state index is -0.281. The van der Waals surface area contributed by atoms with Gasteiger partial charge in [-0.2, -0.15) is 0 Å². The number of carbonyl (C=O) groups is 1. The Balaban J connectivity index is 1.21. The summed E-state index contributed by atoms with van der Waals surface area (Å²) in [6, 6.07) is 44.2. The van der Waals surface area contributed by atoms with E-state index in [0.29, 0.717) is 18.6 Å². The quantitative estimate of drug-likeness (QED) is 0.0978. The van der Waals surface area contributed by atoms with Gasteiger partial charge < -0.3 is 9.64 Å². The molecule has 3 nitrogen and oxygen atoms in total. The molecule has 1 aliphatic heterocycles. The van der Waals surface area contributed by atoms with Crippen molar-refractivity contribution in [2.75, 3.05) is 13.2 Å². The fourth-order valence-corrected chi connectivity index (χ4v) is 6.90. The van der Waals surface area contributed by atoms with E-state index in [1.54, 1.807) is 0 Å². The Morgan fingerprint density at radius 1 is 0.588 bits per heavy atom. The second-order valence-electron chi connectivity index (χ2n) is 13.3. The lowest BCUT2D eigenvalue weighted by Gasteiger charge is -2.26. The Labute approximate surface area is 303 Å². The van der Waals surface area contributed by atoms with Gasteiger partial charge in [-0.05, 0) is 95.3 Å². The van der Waals surface area contributed by atoms with Gasteiger partial charge in [-0.25, -0.2) is 4.79 Å². The van der Waals surface area contributed by atoms with Crippen LogP contribution in [0, 0.1) is 27.7 Å². The van der Waals surface area contributed by atoms with Crippen molar-refractivity contribution in [3.63, 3.8) is 0 Å². The Morgan fingerprint density at radius 2 is 1.02 bits per heavy atom. The molecule has 0 radical (unpaired) electrons. The fraction of sp³-hybridized carbons (Fsp3) is 0.188. The number of nitrogens with zero attached hydrogens (tertiary/aromatic N) is 1. The molecule has 0 N–H and O–H groups in total. The van der Waals surface area contributed by atoms with Gasteiger partial charge in [0.05, 0.1) is 12.2 Å². The summed E-state index contributed by atoms with van der Waals surface area (Å²) in [4.78, 5) is 16.0. The summed E-state index contributed by atoms with van der Waals surface area (Å²) < 4.78 is 6.02. The molecule has 3 heteroatoms. The average molecular weight is 670 g/mol. The highest BCUT2D eigenvalue weighted by Crippen LogP contribution is 2.33. The number of ether oxygens (including phenoxy) is 1. The summed E-state index contributed by atoms with van der Waals surface area (Å²) in [6.07, 6.45) is 12.2. The molecule has 6 rings (SSSR count). The number of allylic oxidation sites excluding steroid dienone is 1. The average Bonchev–Trinajstić information content (AvgIpc) is 3.15. The highest BCUT2D eigenvalue weighted by molar-refractivity contribution is 5.91. The van der Waals surface area contributed by atoms with E-state index in [9.17, 15) is 4.79 Å². The minimum Gasteiger partial charge on any atom is -0.462 e. The number of carbonyl (C=O) groups excluding carboxylic acids is 1. The summed E-state index contributed by atoms with van der Waals surface area (Å²) >= 11 is 0. The highest BCUT2D eigenvalue weighted by Gasteiger charge is 2.26. The SMILES string of the molecule is Cc1ccccc1C(=CCCOC(=O)C1=CN(CCC=C(c2ccccc2C)c2ccccc2C)C=CC1c1ccccc1)c1ccccc1C. The zero-order valence-electron chi connectivity index (χ0n) is 30.2. The maximum atomic E-state index is 13.9. The van der Waals surface area contributed by atoms with E-state index < -0.39 is 0 Å². The summed E-state index contributed by atoms with van der Waals surface area (Å²) in [5.41, 5.74) is 13.9. The van der Waals surface area contributed by atoms with E-state index in [-0.39, 0.29) is 11.9 Å². The molecule has 0 fully saturated rings. The van der Waals surface area contributed by atoms with Crippen LogP contribution in [-0.4, -0.2) is 24.0 Å². The van der Waals surface area contributed by atoms with Crippen molar-refractivity contribution in [2.45, 2.75) is 46.5 Å². The third-order valence-electron chi connectivity index (χ3n) is 9.68. The monoisotopic (exact) mass is 669 g/mol. The molecule has 256 valence electrons. The standard InChI is InChI=1S/C48H47NO2/c1-35-18-8-12-24-40(35)45(41-25-13-9-19-36(41)2)28-16-31-49-32-30-44(39-22-6-5-7-23-39)47(34-49)48(50)51-33-17-29-46(42-26-14-10-20-37(42)3)43-27-15-11-21-38(43)4/h5-15,18-30,32,34,44H,16-17,31,33H2,1-4H3. The number of hydrogen-bond donors (Lipinski definition) is 0. The van der Waals surface area contributed by atoms with E-state index in [4.69, 9.17) is 4.74 Å². The topological polar surface area (TPSA) is 29.5 Å². The van der Waals surface area contributed by atoms with Gasteiger partial charge in [-0.15, -0.1) is 0 Å². The third-order valence-corrected chi connectivity index (χ3v) is 9.68. The van der Waals surface area contributed by atoms with E-state index in [0.717, 1.165) is 18.5 Å². The molecule has 1 atom stereocenters. The molecule has 0 aromatic heterocycles. The first-order valence-electron chi connectivity index (χ1n) is 17.9. The lowest BCUT2D eigenvalue weighted by Crippen LogP contribution is -2.23. The Bertz CT molecular complexity index is 2000. The smallest absolute Gasteiger partial charge is 0.336 e. The molecule has 0 aliphatic carbocycles. The number of rotatable bonds is 12. The van der Waals surface area contributed by atoms with E-state index in [1.807, 2.05) is 24.4 Å². The fourth-order valence-electron chi connectivity index (χ4n) is 6.90. The zero-order chi connectivity index (χ0) is 35.6.